The van der Waals surface area contributed by atoms with Gasteiger partial charge in [0.25, 0.3) is 11.8 Å². The summed E-state index contributed by atoms with van der Waals surface area (Å²) < 4.78 is 47.6. The lowest BCUT2D eigenvalue weighted by atomic mass is 9.89. The Balaban J connectivity index is 1.48. The van der Waals surface area contributed by atoms with Crippen molar-refractivity contribution in [3.63, 3.8) is 0 Å². The average molecular weight is 447 g/mol. The number of aromatic nitrogens is 2. The van der Waals surface area contributed by atoms with Gasteiger partial charge in [0.2, 0.25) is 5.89 Å². The summed E-state index contributed by atoms with van der Waals surface area (Å²) in [5, 5.41) is 12.3. The van der Waals surface area contributed by atoms with Gasteiger partial charge >= 0.3 is 6.18 Å². The Morgan fingerprint density at radius 3 is 2.50 bits per heavy atom. The predicted octanol–water partition coefficient (Wildman–Crippen LogP) is 3.84. The largest absolute Gasteiger partial charge is 0.420 e. The molecule has 3 aliphatic rings. The number of hydrazine groups is 1. The number of amides is 1. The standard InChI is InChI=1S/C22H24F3N5O2/c1-12-15(20-28-27-19(32-20)14-10-6-3-7-11-14)21(31)30-18(26-12)16(13-8-4-2-5-9-13)17(29-30)22(23,24)25/h2,4-5,8-9,14,16-18,26,29H,3,6-7,10-11H2,1H3. The van der Waals surface area contributed by atoms with Gasteiger partial charge in [-0.25, -0.2) is 10.4 Å². The van der Waals surface area contributed by atoms with E-state index in [1.807, 2.05) is 0 Å². The summed E-state index contributed by atoms with van der Waals surface area (Å²) in [5.41, 5.74) is 3.40. The van der Waals surface area contributed by atoms with E-state index in [4.69, 9.17) is 4.42 Å². The van der Waals surface area contributed by atoms with Gasteiger partial charge in [0.15, 0.2) is 0 Å². The number of carbonyl (C=O) groups is 1. The fourth-order valence-corrected chi connectivity index (χ4v) is 5.00. The van der Waals surface area contributed by atoms with Crippen LogP contribution in [0.1, 0.15) is 68.2 Å². The third-order valence-corrected chi connectivity index (χ3v) is 6.57. The van der Waals surface area contributed by atoms with Crippen LogP contribution in [0.15, 0.2) is 40.4 Å². The van der Waals surface area contributed by atoms with Gasteiger partial charge in [0.1, 0.15) is 17.8 Å². The molecular weight excluding hydrogens is 423 g/mol. The van der Waals surface area contributed by atoms with Gasteiger partial charge in [-0.15, -0.1) is 10.2 Å². The van der Waals surface area contributed by atoms with Gasteiger partial charge in [-0.2, -0.15) is 13.2 Å². The number of halogens is 3. The zero-order chi connectivity index (χ0) is 22.5. The van der Waals surface area contributed by atoms with E-state index in [0.717, 1.165) is 30.7 Å². The van der Waals surface area contributed by atoms with Gasteiger partial charge in [-0.1, -0.05) is 49.6 Å². The first kappa shape index (κ1) is 21.0. The first-order valence-corrected chi connectivity index (χ1v) is 10.9. The van der Waals surface area contributed by atoms with Crippen molar-refractivity contribution in [3.05, 3.63) is 53.4 Å². The second-order valence-electron chi connectivity index (χ2n) is 8.63. The molecule has 3 heterocycles. The van der Waals surface area contributed by atoms with E-state index in [2.05, 4.69) is 20.9 Å². The highest BCUT2D eigenvalue weighted by Crippen LogP contribution is 2.42. The smallest absolute Gasteiger partial charge is 0.406 e. The van der Waals surface area contributed by atoms with Crippen LogP contribution in [0.3, 0.4) is 0 Å². The summed E-state index contributed by atoms with van der Waals surface area (Å²) >= 11 is 0. The zero-order valence-corrected chi connectivity index (χ0v) is 17.5. The summed E-state index contributed by atoms with van der Waals surface area (Å²) in [4.78, 5) is 13.3. The van der Waals surface area contributed by atoms with Crippen molar-refractivity contribution in [2.75, 3.05) is 0 Å². The summed E-state index contributed by atoms with van der Waals surface area (Å²) in [6.45, 7) is 1.65. The summed E-state index contributed by atoms with van der Waals surface area (Å²) in [5.74, 6) is -0.950. The Morgan fingerprint density at radius 1 is 1.09 bits per heavy atom. The van der Waals surface area contributed by atoms with Crippen LogP contribution in [0, 0.1) is 0 Å². The lowest BCUT2D eigenvalue weighted by molar-refractivity contribution is -0.161. The van der Waals surface area contributed by atoms with E-state index in [0.29, 0.717) is 17.2 Å². The van der Waals surface area contributed by atoms with E-state index in [-0.39, 0.29) is 17.4 Å². The monoisotopic (exact) mass is 447 g/mol. The Kier molecular flexibility index (Phi) is 5.19. The normalized spacial score (nSPS) is 26.9. The molecule has 1 aromatic carbocycles. The minimum absolute atomic E-state index is 0.0348. The molecule has 2 aromatic rings. The maximum Gasteiger partial charge on any atom is 0.406 e. The molecule has 0 spiro atoms. The number of nitrogens with zero attached hydrogens (tertiary/aromatic N) is 3. The summed E-state index contributed by atoms with van der Waals surface area (Å²) in [6.07, 6.45) is -0.197. The van der Waals surface area contributed by atoms with Crippen molar-refractivity contribution in [3.8, 4) is 0 Å². The molecule has 1 saturated heterocycles. The highest BCUT2D eigenvalue weighted by atomic mass is 19.4. The predicted molar refractivity (Wildman–Crippen MR) is 109 cm³/mol. The van der Waals surface area contributed by atoms with Crippen molar-refractivity contribution in [2.45, 2.75) is 69.2 Å². The van der Waals surface area contributed by atoms with Crippen molar-refractivity contribution in [2.24, 2.45) is 0 Å². The van der Waals surface area contributed by atoms with E-state index in [1.54, 1.807) is 37.3 Å². The first-order valence-electron chi connectivity index (χ1n) is 10.9. The lowest BCUT2D eigenvalue weighted by Crippen LogP contribution is -2.54. The molecule has 10 heteroatoms. The second-order valence-corrected chi connectivity index (χ2v) is 8.63. The number of nitrogens with one attached hydrogen (secondary N) is 2. The molecule has 3 unspecified atom stereocenters. The van der Waals surface area contributed by atoms with Crippen LogP contribution < -0.4 is 10.7 Å². The molecule has 170 valence electrons. The number of rotatable bonds is 3. The first-order chi connectivity index (χ1) is 15.3. The summed E-state index contributed by atoms with van der Waals surface area (Å²) in [6, 6.07) is 6.49. The van der Waals surface area contributed by atoms with Crippen molar-refractivity contribution < 1.29 is 22.4 Å². The molecule has 0 bridgehead atoms. The molecule has 32 heavy (non-hydrogen) atoms. The van der Waals surface area contributed by atoms with Crippen molar-refractivity contribution in [1.82, 2.24) is 25.9 Å². The third-order valence-electron chi connectivity index (χ3n) is 6.57. The third kappa shape index (κ3) is 3.56. The molecule has 7 nitrogen and oxygen atoms in total. The van der Waals surface area contributed by atoms with Crippen molar-refractivity contribution in [1.29, 1.82) is 0 Å². The Labute approximate surface area is 183 Å². The fourth-order valence-electron chi connectivity index (χ4n) is 5.00. The molecule has 2 fully saturated rings. The topological polar surface area (TPSA) is 83.3 Å². The molecular formula is C22H24F3N5O2. The Bertz CT molecular complexity index is 1030. The van der Waals surface area contributed by atoms with E-state index < -0.39 is 30.2 Å². The molecule has 0 radical (unpaired) electrons. The number of allylic oxidation sites excluding steroid dienone is 1. The van der Waals surface area contributed by atoms with E-state index in [9.17, 15) is 18.0 Å². The van der Waals surface area contributed by atoms with Gasteiger partial charge in [0.05, 0.1) is 5.92 Å². The summed E-state index contributed by atoms with van der Waals surface area (Å²) in [7, 11) is 0. The van der Waals surface area contributed by atoms with E-state index >= 15 is 0 Å². The molecule has 1 amide bonds. The van der Waals surface area contributed by atoms with Gasteiger partial charge in [0, 0.05) is 11.6 Å². The number of alkyl halides is 3. The highest BCUT2D eigenvalue weighted by Gasteiger charge is 2.58. The molecule has 1 saturated carbocycles. The lowest BCUT2D eigenvalue weighted by Gasteiger charge is -2.34. The van der Waals surface area contributed by atoms with Crippen LogP contribution >= 0.6 is 0 Å². The van der Waals surface area contributed by atoms with Crippen LogP contribution in [-0.2, 0) is 4.79 Å². The fraction of sp³-hybridized carbons (Fsp3) is 0.500. The SMILES string of the molecule is CC1=C(c2nnc(C3CCCCC3)o2)C(=O)N2NC(C(F)(F)F)C(c3ccccc3)C2N1. The minimum atomic E-state index is -4.55. The highest BCUT2D eigenvalue weighted by molar-refractivity contribution is 6.19. The molecule has 3 atom stereocenters. The maximum atomic E-state index is 13.9. The van der Waals surface area contributed by atoms with Crippen LogP contribution in [0.25, 0.3) is 5.57 Å². The van der Waals surface area contributed by atoms with Gasteiger partial charge in [-0.05, 0) is 25.3 Å². The van der Waals surface area contributed by atoms with Crippen LogP contribution in [0.4, 0.5) is 13.2 Å². The molecule has 5 rings (SSSR count). The average Bonchev–Trinajstić information content (AvgIpc) is 3.40. The Hall–Kier alpha value is -2.88. The molecule has 2 N–H and O–H groups in total. The quantitative estimate of drug-likeness (QED) is 0.744. The Morgan fingerprint density at radius 2 is 1.81 bits per heavy atom. The van der Waals surface area contributed by atoms with Gasteiger partial charge in [-0.3, -0.25) is 4.79 Å². The number of hydrogen-bond acceptors (Lipinski definition) is 6. The van der Waals surface area contributed by atoms with Crippen LogP contribution in [0.2, 0.25) is 0 Å². The molecule has 1 aliphatic carbocycles. The number of benzene rings is 1. The zero-order valence-electron chi connectivity index (χ0n) is 17.5. The van der Waals surface area contributed by atoms with Crippen molar-refractivity contribution >= 4 is 11.5 Å². The number of fused-ring (bicyclic) bond motifs is 1. The molecule has 1 aromatic heterocycles. The number of carbonyl (C=O) groups excluding carboxylic acids is 1. The minimum Gasteiger partial charge on any atom is -0.420 e. The maximum absolute atomic E-state index is 13.9. The molecule has 2 aliphatic heterocycles. The van der Waals surface area contributed by atoms with Crippen LogP contribution in [0.5, 0.6) is 0 Å². The van der Waals surface area contributed by atoms with Crippen LogP contribution in [-0.4, -0.2) is 39.5 Å². The number of hydrogen-bond donors (Lipinski definition) is 2. The van der Waals surface area contributed by atoms with Gasteiger partial charge < -0.3 is 9.73 Å². The van der Waals surface area contributed by atoms with E-state index in [1.165, 1.54) is 6.42 Å². The second kappa shape index (κ2) is 7.91.